The van der Waals surface area contributed by atoms with Crippen molar-refractivity contribution >= 4 is 20.8 Å². The molecule has 0 bridgehead atoms. The molecule has 1 aliphatic heterocycles. The molecule has 7 nitrogen and oxygen atoms in total. The van der Waals surface area contributed by atoms with Crippen LogP contribution in [0.25, 0.3) is 0 Å². The lowest BCUT2D eigenvalue weighted by Crippen LogP contribution is -2.31. The molecule has 0 aliphatic carbocycles. The van der Waals surface area contributed by atoms with Crippen LogP contribution in [0.1, 0.15) is 24.8 Å². The summed E-state index contributed by atoms with van der Waals surface area (Å²) in [6.45, 7) is 2.65. The molecule has 1 aromatic carbocycles. The number of hydrogen-bond acceptors (Lipinski definition) is 6. The van der Waals surface area contributed by atoms with Crippen LogP contribution >= 0.6 is 8.96 Å². The van der Waals surface area contributed by atoms with Crippen molar-refractivity contribution in [3.63, 3.8) is 0 Å². The highest BCUT2D eigenvalue weighted by atomic mass is 31.1. The molecule has 0 spiro atoms. The first-order chi connectivity index (χ1) is 11.0. The van der Waals surface area contributed by atoms with Crippen molar-refractivity contribution in [2.45, 2.75) is 26.2 Å². The first-order valence-electron chi connectivity index (χ1n) is 7.31. The van der Waals surface area contributed by atoms with E-state index in [-0.39, 0.29) is 27.4 Å². The average Bonchev–Trinajstić information content (AvgIpc) is 2.56. The Bertz CT molecular complexity index is 512. The van der Waals surface area contributed by atoms with Crippen LogP contribution in [0.5, 0.6) is 5.75 Å². The van der Waals surface area contributed by atoms with Crippen LogP contribution in [-0.2, 0) is 14.3 Å². The van der Waals surface area contributed by atoms with Crippen LogP contribution in [0.4, 0.5) is 0 Å². The summed E-state index contributed by atoms with van der Waals surface area (Å²) in [4.78, 5) is 21.2. The maximum absolute atomic E-state index is 10.8. The van der Waals surface area contributed by atoms with Gasteiger partial charge in [0.1, 0.15) is 14.7 Å². The molecular weight excluding hydrogens is 319 g/mol. The fourth-order valence-corrected chi connectivity index (χ4v) is 2.36. The van der Waals surface area contributed by atoms with E-state index >= 15 is 0 Å². The molecule has 0 radical (unpaired) electrons. The zero-order valence-electron chi connectivity index (χ0n) is 13.4. The van der Waals surface area contributed by atoms with Crippen molar-refractivity contribution in [1.82, 2.24) is 10.2 Å². The predicted molar refractivity (Wildman–Crippen MR) is 87.5 cm³/mol. The summed E-state index contributed by atoms with van der Waals surface area (Å²) in [6.07, 6.45) is 2.37. The van der Waals surface area contributed by atoms with E-state index in [2.05, 4.69) is 9.82 Å². The molecule has 1 aliphatic rings. The van der Waals surface area contributed by atoms with E-state index in [9.17, 15) is 9.59 Å². The van der Waals surface area contributed by atoms with Crippen molar-refractivity contribution in [2.24, 2.45) is 0 Å². The number of nitrogens with zero attached hydrogens (tertiary/aromatic N) is 1. The molecular formula is C15H23N2O5P. The number of rotatable bonds is 5. The van der Waals surface area contributed by atoms with Gasteiger partial charge in [0.25, 0.3) is 0 Å². The van der Waals surface area contributed by atoms with Gasteiger partial charge in [-0.1, -0.05) is 18.2 Å². The smallest absolute Gasteiger partial charge is 0.320 e. The fourth-order valence-electron chi connectivity index (χ4n) is 1.73. The van der Waals surface area contributed by atoms with E-state index in [1.54, 1.807) is 0 Å². The Labute approximate surface area is 137 Å². The zero-order valence-corrected chi connectivity index (χ0v) is 14.4. The number of nitrogens with one attached hydrogen (secondary N) is 1. The third-order valence-electron chi connectivity index (χ3n) is 3.09. The van der Waals surface area contributed by atoms with E-state index in [0.717, 1.165) is 29.2 Å². The normalized spacial score (nSPS) is 14.4. The summed E-state index contributed by atoms with van der Waals surface area (Å²) in [5.41, 5.74) is 1.07. The van der Waals surface area contributed by atoms with Gasteiger partial charge < -0.3 is 9.26 Å². The Balaban J connectivity index is 0.000000277. The van der Waals surface area contributed by atoms with Crippen molar-refractivity contribution in [2.75, 3.05) is 20.2 Å². The van der Waals surface area contributed by atoms with Gasteiger partial charge in [0.2, 0.25) is 5.91 Å². The number of ether oxygens (including phenoxy) is 1. The van der Waals surface area contributed by atoms with Gasteiger partial charge in [0.15, 0.2) is 0 Å². The van der Waals surface area contributed by atoms with E-state index in [0.29, 0.717) is 13.0 Å². The van der Waals surface area contributed by atoms with Gasteiger partial charge in [-0.3, -0.25) is 19.9 Å². The van der Waals surface area contributed by atoms with Gasteiger partial charge in [-0.25, -0.2) is 5.06 Å². The number of carbonyl (C=O) groups excluding carboxylic acids is 2. The number of para-hydroxylation sites is 1. The maximum Gasteiger partial charge on any atom is 0.320 e. The number of carbonyl (C=O) groups is 2. The van der Waals surface area contributed by atoms with Gasteiger partial charge in [0.05, 0.1) is 13.7 Å². The number of aryl methyl sites for hydroxylation is 1. The highest BCUT2D eigenvalue weighted by Crippen LogP contribution is 2.21. The molecule has 1 aromatic rings. The van der Waals surface area contributed by atoms with E-state index in [4.69, 9.17) is 9.73 Å². The first kappa shape index (κ1) is 19.4. The number of methoxy groups -OCH3 is 1. The monoisotopic (exact) mass is 342 g/mol. The van der Waals surface area contributed by atoms with Crippen molar-refractivity contribution in [1.29, 1.82) is 0 Å². The van der Waals surface area contributed by atoms with Gasteiger partial charge >= 0.3 is 5.97 Å². The number of amides is 1. The lowest BCUT2D eigenvalue weighted by atomic mass is 10.2. The second-order valence-corrected chi connectivity index (χ2v) is 5.64. The van der Waals surface area contributed by atoms with Crippen molar-refractivity contribution in [3.8, 4) is 5.75 Å². The Morgan fingerprint density at radius 2 is 2.13 bits per heavy atom. The zero-order chi connectivity index (χ0) is 17.1. The number of benzene rings is 1. The van der Waals surface area contributed by atoms with Crippen LogP contribution in [-0.4, -0.2) is 42.3 Å². The minimum Gasteiger partial charge on any atom is -0.468 e. The van der Waals surface area contributed by atoms with Gasteiger partial charge in [-0.15, -0.1) is 0 Å². The van der Waals surface area contributed by atoms with Gasteiger partial charge in [-0.2, -0.15) is 0 Å². The molecule has 1 atom stereocenters. The molecule has 128 valence electrons. The maximum atomic E-state index is 10.8. The Morgan fingerprint density at radius 1 is 1.39 bits per heavy atom. The lowest BCUT2D eigenvalue weighted by Gasteiger charge is -2.18. The molecule has 1 heterocycles. The summed E-state index contributed by atoms with van der Waals surface area (Å²) in [5.74, 6) is 0.389. The molecule has 2 rings (SSSR count). The Kier molecular flexibility index (Phi) is 9.21. The summed E-state index contributed by atoms with van der Waals surface area (Å²) < 4.78 is 9.91. The Morgan fingerprint density at radius 3 is 2.70 bits per heavy atom. The molecule has 1 amide bonds. The first-order valence-corrected chi connectivity index (χ1v) is 8.21. The molecule has 23 heavy (non-hydrogen) atoms. The Hall–Kier alpha value is -1.69. The standard InChI is InChI=1S/C10H14NO3P.C5H9NO2/c1-8-5-3-4-6-9(8)14-15-11-7-10(12)13-2;7-5-3-1-2-4-6(5)8/h3-6,11,15H,7H2,1-2H3;8H,1-4H2. The highest BCUT2D eigenvalue weighted by Gasteiger charge is 2.14. The van der Waals surface area contributed by atoms with E-state index < -0.39 is 0 Å². The molecule has 0 saturated carbocycles. The predicted octanol–water partition coefficient (Wildman–Crippen LogP) is 2.03. The fraction of sp³-hybridized carbons (Fsp3) is 0.467. The summed E-state index contributed by atoms with van der Waals surface area (Å²) in [7, 11) is 1.41. The number of esters is 1. The summed E-state index contributed by atoms with van der Waals surface area (Å²) in [6, 6.07) is 7.72. The van der Waals surface area contributed by atoms with Crippen LogP contribution < -0.4 is 9.61 Å². The summed E-state index contributed by atoms with van der Waals surface area (Å²) in [5, 5.41) is 12.3. The van der Waals surface area contributed by atoms with Crippen molar-refractivity contribution < 1.29 is 24.1 Å². The van der Waals surface area contributed by atoms with Gasteiger partial charge in [0, 0.05) is 13.0 Å². The molecule has 2 N–H and O–H groups in total. The number of hydroxylamine groups is 2. The summed E-state index contributed by atoms with van der Waals surface area (Å²) >= 11 is 0. The minimum absolute atomic E-state index is 0.0510. The van der Waals surface area contributed by atoms with Crippen molar-refractivity contribution in [3.05, 3.63) is 29.8 Å². The highest BCUT2D eigenvalue weighted by molar-refractivity contribution is 7.30. The molecule has 0 aromatic heterocycles. The number of piperidine rings is 1. The van der Waals surface area contributed by atoms with Crippen LogP contribution in [0.3, 0.4) is 0 Å². The quantitative estimate of drug-likeness (QED) is 0.368. The third kappa shape index (κ3) is 7.93. The lowest BCUT2D eigenvalue weighted by molar-refractivity contribution is -0.169. The van der Waals surface area contributed by atoms with Gasteiger partial charge in [-0.05, 0) is 31.4 Å². The molecule has 1 saturated heterocycles. The molecule has 1 unspecified atom stereocenters. The third-order valence-corrected chi connectivity index (χ3v) is 3.73. The number of hydrogen-bond donors (Lipinski definition) is 2. The van der Waals surface area contributed by atoms with E-state index in [1.807, 2.05) is 31.2 Å². The SMILES string of the molecule is COC(=O)CNPOc1ccccc1C.O=C1CCCCN1O. The molecule has 1 fully saturated rings. The minimum atomic E-state index is -0.295. The van der Waals surface area contributed by atoms with Crippen LogP contribution in [0, 0.1) is 6.92 Å². The molecule has 8 heteroatoms. The van der Waals surface area contributed by atoms with E-state index in [1.165, 1.54) is 7.11 Å². The largest absolute Gasteiger partial charge is 0.468 e. The topological polar surface area (TPSA) is 88.1 Å². The second-order valence-electron chi connectivity index (χ2n) is 4.87. The van der Waals surface area contributed by atoms with Crippen LogP contribution in [0.15, 0.2) is 24.3 Å². The second kappa shape index (κ2) is 10.9. The average molecular weight is 342 g/mol. The van der Waals surface area contributed by atoms with Crippen LogP contribution in [0.2, 0.25) is 0 Å².